The maximum absolute atomic E-state index is 15.7. The first kappa shape index (κ1) is 26.5. The number of fused-ring (bicyclic) bond motifs is 1. The first-order valence-corrected chi connectivity index (χ1v) is 14.1. The van der Waals surface area contributed by atoms with Gasteiger partial charge in [-0.25, -0.2) is 4.39 Å². The van der Waals surface area contributed by atoms with Gasteiger partial charge in [0.25, 0.3) is 0 Å². The number of pyridine rings is 1. The molecular weight excluding hydrogens is 487 g/mol. The molecule has 1 aromatic heterocycles. The third-order valence-corrected chi connectivity index (χ3v) is 9.48. The lowest BCUT2D eigenvalue weighted by Gasteiger charge is -2.41. The molecule has 1 aliphatic carbocycles. The zero-order valence-corrected chi connectivity index (χ0v) is 22.1. The fourth-order valence-corrected chi connectivity index (χ4v) is 7.31. The molecule has 2 heterocycles. The number of thioether (sulfide) groups is 1. The summed E-state index contributed by atoms with van der Waals surface area (Å²) in [6.45, 7) is 2.81. The molecule has 2 aliphatic rings. The van der Waals surface area contributed by atoms with Gasteiger partial charge in [-0.3, -0.25) is 9.78 Å². The number of halogens is 2. The van der Waals surface area contributed by atoms with E-state index >= 15 is 4.39 Å². The summed E-state index contributed by atoms with van der Waals surface area (Å²) in [5.41, 5.74) is 0.706. The summed E-state index contributed by atoms with van der Waals surface area (Å²) in [7, 11) is 1.57. The van der Waals surface area contributed by atoms with Gasteiger partial charge >= 0.3 is 5.97 Å². The largest absolute Gasteiger partial charge is 0.497 e. The summed E-state index contributed by atoms with van der Waals surface area (Å²) in [6, 6.07) is 5.36. The van der Waals surface area contributed by atoms with Crippen molar-refractivity contribution in [3.05, 3.63) is 35.0 Å². The van der Waals surface area contributed by atoms with Crippen molar-refractivity contribution in [3.63, 3.8) is 0 Å². The number of aromatic nitrogens is 1. The highest BCUT2D eigenvalue weighted by Crippen LogP contribution is 2.44. The van der Waals surface area contributed by atoms with Gasteiger partial charge in [0.15, 0.2) is 0 Å². The van der Waals surface area contributed by atoms with Crippen LogP contribution in [0.25, 0.3) is 10.9 Å². The number of methoxy groups -OCH3 is 1. The maximum atomic E-state index is 15.7. The molecule has 35 heavy (non-hydrogen) atoms. The number of alkyl halides is 1. The predicted molar refractivity (Wildman–Crippen MR) is 141 cm³/mol. The number of carbonyl (C=O) groups is 1. The zero-order chi connectivity index (χ0) is 24.8. The number of hydrogen-bond donors (Lipinski definition) is 1. The van der Waals surface area contributed by atoms with E-state index in [-0.39, 0.29) is 18.3 Å². The number of carboxylic acid groups (broad SMARTS) is 1. The zero-order valence-electron chi connectivity index (χ0n) is 20.5. The van der Waals surface area contributed by atoms with Crippen LogP contribution in [0.4, 0.5) is 4.39 Å². The van der Waals surface area contributed by atoms with Crippen molar-refractivity contribution in [2.45, 2.75) is 69.2 Å². The van der Waals surface area contributed by atoms with Crippen LogP contribution in [0.2, 0.25) is 5.02 Å². The smallest absolute Gasteiger partial charge is 0.303 e. The minimum absolute atomic E-state index is 0.0863. The van der Waals surface area contributed by atoms with Gasteiger partial charge in [-0.2, -0.15) is 11.8 Å². The number of piperidine rings is 1. The van der Waals surface area contributed by atoms with Crippen LogP contribution in [0.3, 0.4) is 0 Å². The molecule has 1 saturated carbocycles. The van der Waals surface area contributed by atoms with E-state index in [1.54, 1.807) is 25.3 Å². The first-order chi connectivity index (χ1) is 16.9. The monoisotopic (exact) mass is 522 g/mol. The number of rotatable bonds is 11. The first-order valence-electron chi connectivity index (χ1n) is 12.7. The summed E-state index contributed by atoms with van der Waals surface area (Å²) in [6.07, 6.45) is 8.04. The molecule has 8 heteroatoms. The highest BCUT2D eigenvalue weighted by Gasteiger charge is 2.37. The molecule has 4 rings (SSSR count). The third-order valence-electron chi connectivity index (χ3n) is 7.82. The van der Waals surface area contributed by atoms with E-state index in [2.05, 4.69) is 21.6 Å². The summed E-state index contributed by atoms with van der Waals surface area (Å²) >= 11 is 8.50. The van der Waals surface area contributed by atoms with Crippen LogP contribution in [0.15, 0.2) is 24.4 Å². The van der Waals surface area contributed by atoms with Crippen molar-refractivity contribution in [1.82, 2.24) is 9.88 Å². The van der Waals surface area contributed by atoms with Crippen LogP contribution >= 0.6 is 23.4 Å². The summed E-state index contributed by atoms with van der Waals surface area (Å²) in [5, 5.41) is 11.4. The number of benzene rings is 1. The van der Waals surface area contributed by atoms with E-state index in [4.69, 9.17) is 16.3 Å². The van der Waals surface area contributed by atoms with Crippen LogP contribution < -0.4 is 4.74 Å². The van der Waals surface area contributed by atoms with E-state index < -0.39 is 12.1 Å². The molecule has 2 fully saturated rings. The molecule has 2 aromatic rings. The van der Waals surface area contributed by atoms with Crippen LogP contribution in [0.1, 0.15) is 69.5 Å². The standard InChI is InChI=1S/C27H36ClFN2O3S/c1-34-19-6-7-24-21(16-19)26(22(28)18-30-24)23(29)8-9-27(17-25(32)33)10-12-31(13-11-27)14-15-35-20-4-2-3-5-20/h6-7,16,18,20,23H,2-5,8-15,17H2,1H3,(H,32,33)/t23-/m0/s1. The van der Waals surface area contributed by atoms with E-state index in [1.807, 2.05) is 0 Å². The quantitative estimate of drug-likeness (QED) is 0.345. The molecule has 1 N–H and O–H groups in total. The summed E-state index contributed by atoms with van der Waals surface area (Å²) in [4.78, 5) is 18.5. The highest BCUT2D eigenvalue weighted by atomic mass is 35.5. The lowest BCUT2D eigenvalue weighted by molar-refractivity contribution is -0.141. The molecule has 1 saturated heterocycles. The molecule has 0 radical (unpaired) electrons. The molecule has 0 spiro atoms. The molecule has 1 aliphatic heterocycles. The van der Waals surface area contributed by atoms with Crippen molar-refractivity contribution in [2.24, 2.45) is 5.41 Å². The van der Waals surface area contributed by atoms with E-state index in [0.717, 1.165) is 43.5 Å². The molecule has 192 valence electrons. The molecule has 0 unspecified atom stereocenters. The molecular formula is C27H36ClFN2O3S. The van der Waals surface area contributed by atoms with Crippen LogP contribution in [0.5, 0.6) is 5.75 Å². The Hall–Kier alpha value is -1.57. The average Bonchev–Trinajstić information content (AvgIpc) is 3.36. The summed E-state index contributed by atoms with van der Waals surface area (Å²) < 4.78 is 21.0. The van der Waals surface area contributed by atoms with Gasteiger partial charge in [0.1, 0.15) is 11.9 Å². The van der Waals surface area contributed by atoms with Crippen molar-refractivity contribution >= 4 is 40.2 Å². The average molecular weight is 523 g/mol. The maximum Gasteiger partial charge on any atom is 0.303 e. The lowest BCUT2D eigenvalue weighted by Crippen LogP contribution is -2.42. The predicted octanol–water partition coefficient (Wildman–Crippen LogP) is 6.92. The Balaban J connectivity index is 1.39. The molecule has 0 bridgehead atoms. The van der Waals surface area contributed by atoms with E-state index in [1.165, 1.54) is 31.9 Å². The fourth-order valence-electron chi connectivity index (χ4n) is 5.68. The SMILES string of the molecule is COc1ccc2ncc(Cl)c([C@@H](F)CCC3(CC(=O)O)CCN(CCSC4CCCC4)CC3)c2c1. The number of likely N-dealkylation sites (tertiary alicyclic amines) is 1. The molecule has 0 amide bonds. The Labute approximate surface area is 216 Å². The minimum Gasteiger partial charge on any atom is -0.497 e. The van der Waals surface area contributed by atoms with Crippen LogP contribution in [-0.4, -0.2) is 58.7 Å². The van der Waals surface area contributed by atoms with Gasteiger partial charge in [-0.15, -0.1) is 0 Å². The number of carboxylic acids is 1. The fraction of sp³-hybridized carbons (Fsp3) is 0.630. The molecule has 5 nitrogen and oxygen atoms in total. The van der Waals surface area contributed by atoms with Gasteiger partial charge in [-0.1, -0.05) is 24.4 Å². The van der Waals surface area contributed by atoms with E-state index in [9.17, 15) is 9.90 Å². The molecule has 1 atom stereocenters. The van der Waals surface area contributed by atoms with Crippen molar-refractivity contribution in [3.8, 4) is 5.75 Å². The van der Waals surface area contributed by atoms with Crippen LogP contribution in [-0.2, 0) is 4.79 Å². The Morgan fingerprint density at radius 2 is 2.09 bits per heavy atom. The number of aliphatic carboxylic acids is 1. The van der Waals surface area contributed by atoms with Crippen molar-refractivity contribution in [2.75, 3.05) is 32.5 Å². The number of nitrogens with zero attached hydrogens (tertiary/aromatic N) is 2. The van der Waals surface area contributed by atoms with Gasteiger partial charge in [0.05, 0.1) is 24.1 Å². The number of ether oxygens (including phenoxy) is 1. The second-order valence-corrected chi connectivity index (χ2v) is 11.9. The van der Waals surface area contributed by atoms with Crippen molar-refractivity contribution in [1.29, 1.82) is 0 Å². The van der Waals surface area contributed by atoms with Gasteiger partial charge in [0, 0.05) is 34.7 Å². The lowest BCUT2D eigenvalue weighted by atomic mass is 9.71. The van der Waals surface area contributed by atoms with Gasteiger partial charge in [-0.05, 0) is 75.2 Å². The van der Waals surface area contributed by atoms with Crippen LogP contribution in [0, 0.1) is 5.41 Å². The van der Waals surface area contributed by atoms with E-state index in [0.29, 0.717) is 33.7 Å². The second-order valence-electron chi connectivity index (χ2n) is 10.1. The Kier molecular flexibility index (Phi) is 9.17. The Bertz CT molecular complexity index is 1010. The Morgan fingerprint density at radius 3 is 2.77 bits per heavy atom. The second kappa shape index (κ2) is 12.1. The summed E-state index contributed by atoms with van der Waals surface area (Å²) in [5.74, 6) is 0.957. The minimum atomic E-state index is -1.30. The third kappa shape index (κ3) is 6.80. The van der Waals surface area contributed by atoms with Gasteiger partial charge in [0.2, 0.25) is 0 Å². The van der Waals surface area contributed by atoms with Crippen molar-refractivity contribution < 1.29 is 19.0 Å². The van der Waals surface area contributed by atoms with Gasteiger partial charge < -0.3 is 14.7 Å². The molecule has 1 aromatic carbocycles. The number of hydrogen-bond acceptors (Lipinski definition) is 5. The Morgan fingerprint density at radius 1 is 1.34 bits per heavy atom. The highest BCUT2D eigenvalue weighted by molar-refractivity contribution is 7.99. The topological polar surface area (TPSA) is 62.7 Å². The normalized spacial score (nSPS) is 19.7.